The highest BCUT2D eigenvalue weighted by molar-refractivity contribution is 5.59. The lowest BCUT2D eigenvalue weighted by atomic mass is 10.1. The van der Waals surface area contributed by atoms with E-state index in [0.717, 1.165) is 43.4 Å². The molecular formula is C21H29FN2O. The predicted octanol–water partition coefficient (Wildman–Crippen LogP) is 5.97. The van der Waals surface area contributed by atoms with Crippen molar-refractivity contribution in [3.8, 4) is 17.0 Å². The Balaban J connectivity index is 1.93. The summed E-state index contributed by atoms with van der Waals surface area (Å²) in [4.78, 5) is 8.89. The van der Waals surface area contributed by atoms with Gasteiger partial charge in [0.25, 0.3) is 0 Å². The molecule has 0 radical (unpaired) electrons. The van der Waals surface area contributed by atoms with Crippen molar-refractivity contribution in [1.82, 2.24) is 9.97 Å². The Morgan fingerprint density at radius 2 is 1.72 bits per heavy atom. The van der Waals surface area contributed by atoms with Crippen LogP contribution in [0.3, 0.4) is 0 Å². The molecule has 0 spiro atoms. The van der Waals surface area contributed by atoms with Gasteiger partial charge in [-0.3, -0.25) is 9.97 Å². The first-order valence-corrected chi connectivity index (χ1v) is 9.48. The first kappa shape index (κ1) is 19.4. The Morgan fingerprint density at radius 3 is 2.40 bits per heavy atom. The van der Waals surface area contributed by atoms with Crippen LogP contribution in [-0.2, 0) is 6.42 Å². The van der Waals surface area contributed by atoms with E-state index in [1.165, 1.54) is 25.3 Å². The van der Waals surface area contributed by atoms with E-state index in [0.29, 0.717) is 18.1 Å². The molecule has 1 aromatic carbocycles. The fourth-order valence-corrected chi connectivity index (χ4v) is 2.68. The normalized spacial score (nSPS) is 10.8. The highest BCUT2D eigenvalue weighted by Crippen LogP contribution is 2.24. The van der Waals surface area contributed by atoms with Crippen LogP contribution in [0.5, 0.6) is 5.75 Å². The highest BCUT2D eigenvalue weighted by atomic mass is 19.1. The molecule has 0 aliphatic rings. The smallest absolute Gasteiger partial charge is 0.165 e. The number of hydrogen-bond acceptors (Lipinski definition) is 3. The number of ether oxygens (including phenoxy) is 1. The molecule has 2 rings (SSSR count). The van der Waals surface area contributed by atoms with Gasteiger partial charge in [-0.25, -0.2) is 4.39 Å². The fraction of sp³-hybridized carbons (Fsp3) is 0.524. The third-order valence-corrected chi connectivity index (χ3v) is 4.22. The minimum atomic E-state index is -0.348. The average Bonchev–Trinajstić information content (AvgIpc) is 2.64. The lowest BCUT2D eigenvalue weighted by molar-refractivity contribution is 0.291. The van der Waals surface area contributed by atoms with Crippen molar-refractivity contribution < 1.29 is 9.13 Å². The van der Waals surface area contributed by atoms with Gasteiger partial charge < -0.3 is 4.74 Å². The molecule has 1 heterocycles. The molecule has 0 N–H and O–H groups in total. The van der Waals surface area contributed by atoms with Crippen molar-refractivity contribution in [2.24, 2.45) is 0 Å². The molecule has 0 fully saturated rings. The Hall–Kier alpha value is -1.97. The molecule has 136 valence electrons. The highest BCUT2D eigenvalue weighted by Gasteiger charge is 2.08. The molecule has 0 aliphatic carbocycles. The van der Waals surface area contributed by atoms with Gasteiger partial charge in [0.2, 0.25) is 0 Å². The van der Waals surface area contributed by atoms with Crippen molar-refractivity contribution in [3.63, 3.8) is 0 Å². The summed E-state index contributed by atoms with van der Waals surface area (Å²) >= 11 is 0. The summed E-state index contributed by atoms with van der Waals surface area (Å²) < 4.78 is 19.7. The average molecular weight is 344 g/mol. The van der Waals surface area contributed by atoms with Gasteiger partial charge in [0.15, 0.2) is 11.6 Å². The zero-order valence-corrected chi connectivity index (χ0v) is 15.4. The van der Waals surface area contributed by atoms with Crippen molar-refractivity contribution in [1.29, 1.82) is 0 Å². The van der Waals surface area contributed by atoms with Crippen LogP contribution in [0.1, 0.15) is 64.5 Å². The second kappa shape index (κ2) is 10.8. The quantitative estimate of drug-likeness (QED) is 0.471. The van der Waals surface area contributed by atoms with E-state index in [1.807, 2.05) is 6.07 Å². The van der Waals surface area contributed by atoms with Gasteiger partial charge in [-0.05, 0) is 37.5 Å². The summed E-state index contributed by atoms with van der Waals surface area (Å²) in [7, 11) is 0. The Bertz CT molecular complexity index is 628. The monoisotopic (exact) mass is 344 g/mol. The van der Waals surface area contributed by atoms with Gasteiger partial charge in [0.05, 0.1) is 24.2 Å². The van der Waals surface area contributed by atoms with E-state index >= 15 is 0 Å². The molecule has 1 aromatic heterocycles. The molecular weight excluding hydrogens is 315 g/mol. The van der Waals surface area contributed by atoms with Gasteiger partial charge >= 0.3 is 0 Å². The number of hydrogen-bond donors (Lipinski definition) is 0. The van der Waals surface area contributed by atoms with E-state index in [4.69, 9.17) is 4.74 Å². The summed E-state index contributed by atoms with van der Waals surface area (Å²) in [6, 6.07) is 4.99. The first-order valence-electron chi connectivity index (χ1n) is 9.48. The van der Waals surface area contributed by atoms with Crippen molar-refractivity contribution in [2.45, 2.75) is 65.2 Å². The number of unbranched alkanes of at least 4 members (excludes halogenated alkanes) is 5. The second-order valence-corrected chi connectivity index (χ2v) is 6.40. The van der Waals surface area contributed by atoms with Crippen LogP contribution >= 0.6 is 0 Å². The summed E-state index contributed by atoms with van der Waals surface area (Å²) in [6.07, 6.45) is 12.5. The Labute approximate surface area is 150 Å². The Morgan fingerprint density at radius 1 is 0.920 bits per heavy atom. The van der Waals surface area contributed by atoms with Crippen LogP contribution in [-0.4, -0.2) is 16.6 Å². The molecule has 0 atom stereocenters. The van der Waals surface area contributed by atoms with Crippen LogP contribution in [0.2, 0.25) is 0 Å². The van der Waals surface area contributed by atoms with Gasteiger partial charge in [0.1, 0.15) is 0 Å². The SMILES string of the molecule is CCCCCCc1cnc(-c2ccc(OCCCCC)c(F)c2)cn1. The first-order chi connectivity index (χ1) is 12.2. The fourth-order valence-electron chi connectivity index (χ4n) is 2.68. The second-order valence-electron chi connectivity index (χ2n) is 6.40. The summed E-state index contributed by atoms with van der Waals surface area (Å²) in [6.45, 7) is 4.89. The number of benzene rings is 1. The Kier molecular flexibility index (Phi) is 8.36. The summed E-state index contributed by atoms with van der Waals surface area (Å²) in [5.74, 6) is -0.0419. The third kappa shape index (κ3) is 6.45. The van der Waals surface area contributed by atoms with Crippen LogP contribution in [0.15, 0.2) is 30.6 Å². The zero-order valence-electron chi connectivity index (χ0n) is 15.4. The molecule has 0 amide bonds. The summed E-state index contributed by atoms with van der Waals surface area (Å²) in [5.41, 5.74) is 2.41. The number of rotatable bonds is 11. The minimum Gasteiger partial charge on any atom is -0.491 e. The van der Waals surface area contributed by atoms with Crippen molar-refractivity contribution in [3.05, 3.63) is 42.1 Å². The number of aryl methyl sites for hydroxylation is 1. The molecule has 0 unspecified atom stereocenters. The van der Waals surface area contributed by atoms with Gasteiger partial charge in [-0.15, -0.1) is 0 Å². The lowest BCUT2D eigenvalue weighted by Crippen LogP contribution is -1.99. The van der Waals surface area contributed by atoms with E-state index in [-0.39, 0.29) is 5.82 Å². The molecule has 0 saturated carbocycles. The van der Waals surface area contributed by atoms with Crippen LogP contribution < -0.4 is 4.74 Å². The van der Waals surface area contributed by atoms with E-state index in [9.17, 15) is 4.39 Å². The van der Waals surface area contributed by atoms with Gasteiger partial charge in [-0.2, -0.15) is 0 Å². The molecule has 0 aliphatic heterocycles. The lowest BCUT2D eigenvalue weighted by Gasteiger charge is -2.08. The van der Waals surface area contributed by atoms with Crippen LogP contribution in [0.4, 0.5) is 4.39 Å². The number of nitrogens with zero attached hydrogens (tertiary/aromatic N) is 2. The van der Waals surface area contributed by atoms with Gasteiger partial charge in [0, 0.05) is 11.8 Å². The van der Waals surface area contributed by atoms with Gasteiger partial charge in [-0.1, -0.05) is 46.0 Å². The number of aromatic nitrogens is 2. The van der Waals surface area contributed by atoms with Crippen molar-refractivity contribution >= 4 is 0 Å². The number of halogens is 1. The van der Waals surface area contributed by atoms with Crippen LogP contribution in [0.25, 0.3) is 11.3 Å². The van der Waals surface area contributed by atoms with Crippen LogP contribution in [0, 0.1) is 5.82 Å². The molecule has 0 bridgehead atoms. The van der Waals surface area contributed by atoms with E-state index < -0.39 is 0 Å². The molecule has 2 aromatic rings. The minimum absolute atomic E-state index is 0.306. The molecule has 4 heteroatoms. The molecule has 3 nitrogen and oxygen atoms in total. The van der Waals surface area contributed by atoms with Crippen molar-refractivity contribution in [2.75, 3.05) is 6.61 Å². The topological polar surface area (TPSA) is 35.0 Å². The summed E-state index contributed by atoms with van der Waals surface area (Å²) in [5, 5.41) is 0. The largest absolute Gasteiger partial charge is 0.491 e. The maximum Gasteiger partial charge on any atom is 0.165 e. The van der Waals surface area contributed by atoms with E-state index in [1.54, 1.807) is 18.5 Å². The molecule has 0 saturated heterocycles. The predicted molar refractivity (Wildman–Crippen MR) is 100 cm³/mol. The maximum atomic E-state index is 14.2. The molecule has 25 heavy (non-hydrogen) atoms. The van der Waals surface area contributed by atoms with E-state index in [2.05, 4.69) is 23.8 Å². The standard InChI is InChI=1S/C21H29FN2O/c1-3-5-7-8-10-18-15-24-20(16-23-18)17-11-12-21(19(22)14-17)25-13-9-6-4-2/h11-12,14-16H,3-10,13H2,1-2H3. The third-order valence-electron chi connectivity index (χ3n) is 4.22. The zero-order chi connectivity index (χ0) is 17.9. The maximum absolute atomic E-state index is 14.2.